The van der Waals surface area contributed by atoms with Crippen LogP contribution in [0.15, 0.2) is 33.3 Å². The molecule has 1 heterocycles. The molecule has 0 saturated carbocycles. The summed E-state index contributed by atoms with van der Waals surface area (Å²) in [6, 6.07) is 6.16. The Morgan fingerprint density at radius 1 is 1.35 bits per heavy atom. The summed E-state index contributed by atoms with van der Waals surface area (Å²) < 4.78 is 8.06. The first-order valence-corrected chi connectivity index (χ1v) is 8.68. The molecule has 0 bridgehead atoms. The van der Waals surface area contributed by atoms with Crippen molar-refractivity contribution in [1.29, 1.82) is 0 Å². The number of rotatable bonds is 7. The molecule has 5 heteroatoms. The zero-order chi connectivity index (χ0) is 14.4. The Kier molecular flexibility index (Phi) is 6.51. The molecule has 1 aromatic carbocycles. The molecular weight excluding hydrogens is 431 g/mol. The molecule has 3 nitrogen and oxygen atoms in total. The van der Waals surface area contributed by atoms with Crippen LogP contribution in [0.3, 0.4) is 0 Å². The molecule has 1 aromatic heterocycles. The van der Waals surface area contributed by atoms with Crippen molar-refractivity contribution >= 4 is 38.5 Å². The maximum Gasteiger partial charge on any atom is 0.194 e. The molecule has 0 saturated heterocycles. The smallest absolute Gasteiger partial charge is 0.194 e. The third-order valence-electron chi connectivity index (χ3n) is 2.92. The molecule has 0 amide bonds. The maximum atomic E-state index is 5.85. The van der Waals surface area contributed by atoms with Gasteiger partial charge in [-0.3, -0.25) is 0 Å². The highest BCUT2D eigenvalue weighted by molar-refractivity contribution is 14.1. The standard InChI is InChI=1S/C15H18BrIN2O/c1-2-7-18-8-3-4-15-19-10-14(20-15)12-9-11(16)5-6-13(12)17/h5-6,9-10,18H,2-4,7-8H2,1H3. The van der Waals surface area contributed by atoms with Gasteiger partial charge in [0.15, 0.2) is 11.7 Å². The van der Waals surface area contributed by atoms with Crippen molar-refractivity contribution in [1.82, 2.24) is 10.3 Å². The number of hydrogen-bond donors (Lipinski definition) is 1. The summed E-state index contributed by atoms with van der Waals surface area (Å²) in [4.78, 5) is 4.37. The maximum absolute atomic E-state index is 5.85. The highest BCUT2D eigenvalue weighted by Crippen LogP contribution is 2.29. The summed E-state index contributed by atoms with van der Waals surface area (Å²) in [6.07, 6.45) is 4.92. The van der Waals surface area contributed by atoms with Gasteiger partial charge in [-0.05, 0) is 66.7 Å². The van der Waals surface area contributed by atoms with E-state index in [1.165, 1.54) is 6.42 Å². The van der Waals surface area contributed by atoms with Crippen LogP contribution in [0.25, 0.3) is 11.3 Å². The number of nitrogens with zero attached hydrogens (tertiary/aromatic N) is 1. The van der Waals surface area contributed by atoms with Crippen molar-refractivity contribution in [3.05, 3.63) is 38.3 Å². The molecule has 0 aliphatic rings. The van der Waals surface area contributed by atoms with Crippen LogP contribution >= 0.6 is 38.5 Å². The van der Waals surface area contributed by atoms with Gasteiger partial charge in [-0.1, -0.05) is 22.9 Å². The van der Waals surface area contributed by atoms with Gasteiger partial charge in [-0.15, -0.1) is 0 Å². The molecule has 0 atom stereocenters. The van der Waals surface area contributed by atoms with Crippen LogP contribution in [0.4, 0.5) is 0 Å². The van der Waals surface area contributed by atoms with E-state index in [0.717, 1.165) is 51.2 Å². The molecular formula is C15H18BrIN2O. The highest BCUT2D eigenvalue weighted by Gasteiger charge is 2.10. The van der Waals surface area contributed by atoms with Gasteiger partial charge in [-0.2, -0.15) is 0 Å². The van der Waals surface area contributed by atoms with Crippen molar-refractivity contribution in [3.63, 3.8) is 0 Å². The number of benzene rings is 1. The molecule has 0 aliphatic heterocycles. The van der Waals surface area contributed by atoms with Crippen molar-refractivity contribution in [3.8, 4) is 11.3 Å². The zero-order valence-electron chi connectivity index (χ0n) is 11.5. The second kappa shape index (κ2) is 8.14. The van der Waals surface area contributed by atoms with Crippen LogP contribution in [0.2, 0.25) is 0 Å². The fraction of sp³-hybridized carbons (Fsp3) is 0.400. The first kappa shape index (κ1) is 16.0. The Morgan fingerprint density at radius 3 is 3.00 bits per heavy atom. The highest BCUT2D eigenvalue weighted by atomic mass is 127. The first-order valence-electron chi connectivity index (χ1n) is 6.81. The minimum absolute atomic E-state index is 0.814. The molecule has 2 aromatic rings. The lowest BCUT2D eigenvalue weighted by Crippen LogP contribution is -2.16. The molecule has 2 rings (SSSR count). The van der Waals surface area contributed by atoms with E-state index in [1.807, 2.05) is 12.3 Å². The SMILES string of the molecule is CCCNCCCc1ncc(-c2cc(Br)ccc2I)o1. The van der Waals surface area contributed by atoms with Gasteiger partial charge >= 0.3 is 0 Å². The van der Waals surface area contributed by atoms with Crippen molar-refractivity contribution < 1.29 is 4.42 Å². The van der Waals surface area contributed by atoms with E-state index < -0.39 is 0 Å². The van der Waals surface area contributed by atoms with E-state index >= 15 is 0 Å². The van der Waals surface area contributed by atoms with E-state index in [-0.39, 0.29) is 0 Å². The van der Waals surface area contributed by atoms with Crippen LogP contribution in [-0.2, 0) is 6.42 Å². The monoisotopic (exact) mass is 448 g/mol. The van der Waals surface area contributed by atoms with Gasteiger partial charge in [0, 0.05) is 20.0 Å². The summed E-state index contributed by atoms with van der Waals surface area (Å²) in [5.74, 6) is 1.65. The summed E-state index contributed by atoms with van der Waals surface area (Å²) in [5, 5.41) is 3.38. The summed E-state index contributed by atoms with van der Waals surface area (Å²) in [5.41, 5.74) is 1.09. The van der Waals surface area contributed by atoms with Gasteiger partial charge < -0.3 is 9.73 Å². The predicted molar refractivity (Wildman–Crippen MR) is 93.8 cm³/mol. The van der Waals surface area contributed by atoms with Gasteiger partial charge in [0.05, 0.1) is 6.20 Å². The molecule has 1 N–H and O–H groups in total. The third kappa shape index (κ3) is 4.56. The molecule has 0 aliphatic carbocycles. The lowest BCUT2D eigenvalue weighted by atomic mass is 10.2. The quantitative estimate of drug-likeness (QED) is 0.495. The van der Waals surface area contributed by atoms with E-state index in [0.29, 0.717) is 0 Å². The molecule has 0 spiro atoms. The van der Waals surface area contributed by atoms with E-state index in [9.17, 15) is 0 Å². The molecule has 20 heavy (non-hydrogen) atoms. The number of aromatic nitrogens is 1. The number of oxazole rings is 1. The van der Waals surface area contributed by atoms with Crippen LogP contribution in [0.5, 0.6) is 0 Å². The number of halogens is 2. The number of hydrogen-bond acceptors (Lipinski definition) is 3. The minimum Gasteiger partial charge on any atom is -0.441 e. The summed E-state index contributed by atoms with van der Waals surface area (Å²) in [6.45, 7) is 4.26. The van der Waals surface area contributed by atoms with E-state index in [1.54, 1.807) is 0 Å². The number of nitrogens with one attached hydrogen (secondary N) is 1. The first-order chi connectivity index (χ1) is 9.70. The fourth-order valence-electron chi connectivity index (χ4n) is 1.90. The summed E-state index contributed by atoms with van der Waals surface area (Å²) >= 11 is 5.81. The second-order valence-corrected chi connectivity index (χ2v) is 6.67. The topological polar surface area (TPSA) is 38.1 Å². The van der Waals surface area contributed by atoms with Gasteiger partial charge in [0.1, 0.15) is 0 Å². The fourth-order valence-corrected chi connectivity index (χ4v) is 2.87. The van der Waals surface area contributed by atoms with Crippen LogP contribution < -0.4 is 5.32 Å². The van der Waals surface area contributed by atoms with Crippen molar-refractivity contribution in [2.75, 3.05) is 13.1 Å². The van der Waals surface area contributed by atoms with Gasteiger partial charge in [0.2, 0.25) is 0 Å². The molecule has 0 fully saturated rings. The van der Waals surface area contributed by atoms with Crippen molar-refractivity contribution in [2.45, 2.75) is 26.2 Å². The summed E-state index contributed by atoms with van der Waals surface area (Å²) in [7, 11) is 0. The average molecular weight is 449 g/mol. The Bertz CT molecular complexity index is 557. The van der Waals surface area contributed by atoms with E-state index in [4.69, 9.17) is 4.42 Å². The lowest BCUT2D eigenvalue weighted by Gasteiger charge is -2.02. The van der Waals surface area contributed by atoms with Crippen LogP contribution in [-0.4, -0.2) is 18.1 Å². The van der Waals surface area contributed by atoms with Crippen LogP contribution in [0.1, 0.15) is 25.7 Å². The number of aryl methyl sites for hydroxylation is 1. The molecule has 108 valence electrons. The normalized spacial score (nSPS) is 10.9. The average Bonchev–Trinajstić information content (AvgIpc) is 2.90. The van der Waals surface area contributed by atoms with Crippen LogP contribution in [0, 0.1) is 3.57 Å². The minimum atomic E-state index is 0.814. The van der Waals surface area contributed by atoms with Gasteiger partial charge in [-0.25, -0.2) is 4.98 Å². The Morgan fingerprint density at radius 2 is 2.20 bits per heavy atom. The predicted octanol–water partition coefficient (Wildman–Crippen LogP) is 4.64. The zero-order valence-corrected chi connectivity index (χ0v) is 15.2. The van der Waals surface area contributed by atoms with Gasteiger partial charge in [0.25, 0.3) is 0 Å². The Balaban J connectivity index is 1.96. The second-order valence-electron chi connectivity index (χ2n) is 4.60. The lowest BCUT2D eigenvalue weighted by molar-refractivity contribution is 0.491. The van der Waals surface area contributed by atoms with Crippen molar-refractivity contribution in [2.24, 2.45) is 0 Å². The molecule has 0 radical (unpaired) electrons. The Hall–Kier alpha value is -0.400. The third-order valence-corrected chi connectivity index (χ3v) is 4.35. The van der Waals surface area contributed by atoms with E-state index in [2.05, 4.69) is 67.9 Å². The molecule has 0 unspecified atom stereocenters. The largest absolute Gasteiger partial charge is 0.441 e. The Labute approximate surface area is 141 Å².